The SMILES string of the molecule is Cc1nc2c(F)cc(NC(=O)c3sc(N4CCN(C(=O)O)C(C)(C(C)(C)C)C4)cc3F)cc2s1. The third-order valence-electron chi connectivity index (χ3n) is 6.54. The summed E-state index contributed by atoms with van der Waals surface area (Å²) in [5.41, 5.74) is -0.631. The number of aromatic nitrogens is 1. The smallest absolute Gasteiger partial charge is 0.407 e. The third-order valence-corrected chi connectivity index (χ3v) is 8.63. The average Bonchev–Trinajstić information content (AvgIpc) is 3.29. The predicted octanol–water partition coefficient (Wildman–Crippen LogP) is 5.80. The second-order valence-electron chi connectivity index (χ2n) is 9.63. The van der Waals surface area contributed by atoms with E-state index in [1.54, 1.807) is 13.0 Å². The number of carboxylic acid groups (broad SMARTS) is 1. The number of rotatable bonds is 3. The number of piperazine rings is 1. The van der Waals surface area contributed by atoms with Gasteiger partial charge in [0.2, 0.25) is 0 Å². The quantitative estimate of drug-likeness (QED) is 0.467. The third kappa shape index (κ3) is 4.22. The first-order valence-electron chi connectivity index (χ1n) is 10.7. The molecule has 1 unspecified atom stereocenters. The van der Waals surface area contributed by atoms with Gasteiger partial charge in [-0.3, -0.25) is 9.69 Å². The van der Waals surface area contributed by atoms with E-state index in [-0.39, 0.29) is 28.0 Å². The van der Waals surface area contributed by atoms with Crippen LogP contribution in [-0.4, -0.2) is 52.2 Å². The summed E-state index contributed by atoms with van der Waals surface area (Å²) in [6, 6.07) is 4.09. The molecule has 1 aromatic carbocycles. The summed E-state index contributed by atoms with van der Waals surface area (Å²) >= 11 is 2.30. The molecule has 2 amide bonds. The highest BCUT2D eigenvalue weighted by atomic mass is 32.1. The van der Waals surface area contributed by atoms with Crippen molar-refractivity contribution in [2.45, 2.75) is 40.2 Å². The molecule has 7 nitrogen and oxygen atoms in total. The molecular formula is C23H26F2N4O3S2. The Morgan fingerprint density at radius 2 is 1.85 bits per heavy atom. The molecule has 0 aliphatic carbocycles. The topological polar surface area (TPSA) is 85.8 Å². The number of thiophene rings is 1. The predicted molar refractivity (Wildman–Crippen MR) is 131 cm³/mol. The first kappa shape index (κ1) is 24.3. The number of carbonyl (C=O) groups excluding carboxylic acids is 1. The molecule has 0 spiro atoms. The van der Waals surface area contributed by atoms with Crippen LogP contribution >= 0.6 is 22.7 Å². The van der Waals surface area contributed by atoms with Gasteiger partial charge < -0.3 is 15.3 Å². The number of fused-ring (bicyclic) bond motifs is 1. The highest BCUT2D eigenvalue weighted by molar-refractivity contribution is 7.18. The number of halogens is 2. The van der Waals surface area contributed by atoms with Crippen molar-refractivity contribution in [3.63, 3.8) is 0 Å². The number of benzene rings is 1. The molecule has 11 heteroatoms. The Balaban J connectivity index is 1.58. The molecule has 1 aliphatic rings. The number of carbonyl (C=O) groups is 2. The lowest BCUT2D eigenvalue weighted by Crippen LogP contribution is -2.67. The maximum Gasteiger partial charge on any atom is 0.407 e. The van der Waals surface area contributed by atoms with E-state index in [2.05, 4.69) is 10.3 Å². The fourth-order valence-electron chi connectivity index (χ4n) is 4.17. The van der Waals surface area contributed by atoms with E-state index in [1.807, 2.05) is 32.6 Å². The molecule has 3 heterocycles. The maximum atomic E-state index is 14.8. The van der Waals surface area contributed by atoms with Crippen LogP contribution in [0.1, 0.15) is 42.4 Å². The Morgan fingerprint density at radius 1 is 1.15 bits per heavy atom. The van der Waals surface area contributed by atoms with Gasteiger partial charge in [0.05, 0.1) is 20.2 Å². The van der Waals surface area contributed by atoms with Crippen molar-refractivity contribution >= 4 is 55.6 Å². The fraction of sp³-hybridized carbons (Fsp3) is 0.435. The van der Waals surface area contributed by atoms with Gasteiger partial charge in [0.1, 0.15) is 16.2 Å². The second-order valence-corrected chi connectivity index (χ2v) is 11.9. The number of nitrogens with zero attached hydrogens (tertiary/aromatic N) is 3. The lowest BCUT2D eigenvalue weighted by molar-refractivity contribution is 0.00760. The molecule has 1 atom stereocenters. The first-order chi connectivity index (χ1) is 15.8. The van der Waals surface area contributed by atoms with Crippen molar-refractivity contribution in [1.29, 1.82) is 0 Å². The molecule has 182 valence electrons. The zero-order chi connectivity index (χ0) is 25.0. The van der Waals surface area contributed by atoms with Gasteiger partial charge in [-0.1, -0.05) is 20.8 Å². The van der Waals surface area contributed by atoms with Gasteiger partial charge in [0.15, 0.2) is 5.82 Å². The van der Waals surface area contributed by atoms with Crippen LogP contribution in [-0.2, 0) is 0 Å². The fourth-order valence-corrected chi connectivity index (χ4v) is 6.00. The lowest BCUT2D eigenvalue weighted by Gasteiger charge is -2.54. The monoisotopic (exact) mass is 508 g/mol. The van der Waals surface area contributed by atoms with E-state index in [1.165, 1.54) is 28.4 Å². The van der Waals surface area contributed by atoms with Crippen LogP contribution in [0.25, 0.3) is 10.2 Å². The Bertz CT molecular complexity index is 1280. The molecule has 34 heavy (non-hydrogen) atoms. The Kier molecular flexibility index (Phi) is 6.05. The van der Waals surface area contributed by atoms with Crippen molar-refractivity contribution in [3.05, 3.63) is 39.7 Å². The number of aryl methyl sites for hydroxylation is 1. The van der Waals surface area contributed by atoms with E-state index < -0.39 is 29.2 Å². The van der Waals surface area contributed by atoms with E-state index in [4.69, 9.17) is 0 Å². The molecule has 3 aromatic rings. The van der Waals surface area contributed by atoms with Crippen molar-refractivity contribution in [1.82, 2.24) is 9.88 Å². The van der Waals surface area contributed by atoms with Gasteiger partial charge in [0, 0.05) is 31.4 Å². The molecule has 1 aliphatic heterocycles. The molecule has 0 radical (unpaired) electrons. The van der Waals surface area contributed by atoms with Crippen molar-refractivity contribution in [2.75, 3.05) is 29.9 Å². The molecule has 0 bridgehead atoms. The first-order valence-corrected chi connectivity index (χ1v) is 12.4. The van der Waals surface area contributed by atoms with Gasteiger partial charge in [-0.15, -0.1) is 22.7 Å². The van der Waals surface area contributed by atoms with E-state index in [0.29, 0.717) is 27.8 Å². The number of amides is 2. The van der Waals surface area contributed by atoms with Gasteiger partial charge in [-0.25, -0.2) is 18.6 Å². The van der Waals surface area contributed by atoms with Gasteiger partial charge in [-0.2, -0.15) is 0 Å². The average molecular weight is 509 g/mol. The van der Waals surface area contributed by atoms with Gasteiger partial charge in [0.25, 0.3) is 5.91 Å². The molecule has 4 rings (SSSR count). The van der Waals surface area contributed by atoms with Crippen molar-refractivity contribution in [2.24, 2.45) is 5.41 Å². The summed E-state index contributed by atoms with van der Waals surface area (Å²) in [5.74, 6) is -1.90. The summed E-state index contributed by atoms with van der Waals surface area (Å²) in [5, 5.41) is 13.5. The van der Waals surface area contributed by atoms with Crippen molar-refractivity contribution < 1.29 is 23.5 Å². The zero-order valence-electron chi connectivity index (χ0n) is 19.5. The van der Waals surface area contributed by atoms with Crippen LogP contribution < -0.4 is 10.2 Å². The molecule has 2 N–H and O–H groups in total. The number of hydrogen-bond acceptors (Lipinski definition) is 6. The van der Waals surface area contributed by atoms with Crippen LogP contribution in [0.2, 0.25) is 0 Å². The van der Waals surface area contributed by atoms with Crippen LogP contribution in [0, 0.1) is 24.0 Å². The van der Waals surface area contributed by atoms with Crippen molar-refractivity contribution in [3.8, 4) is 0 Å². The van der Waals surface area contributed by atoms with Crippen LogP contribution in [0.4, 0.5) is 24.3 Å². The van der Waals surface area contributed by atoms with E-state index in [0.717, 1.165) is 11.3 Å². The molecule has 1 saturated heterocycles. The Morgan fingerprint density at radius 3 is 2.50 bits per heavy atom. The summed E-state index contributed by atoms with van der Waals surface area (Å²) < 4.78 is 29.8. The summed E-state index contributed by atoms with van der Waals surface area (Å²) in [4.78, 5) is 32.1. The highest BCUT2D eigenvalue weighted by Gasteiger charge is 2.49. The molecular weight excluding hydrogens is 482 g/mol. The number of anilines is 2. The van der Waals surface area contributed by atoms with Crippen LogP contribution in [0.3, 0.4) is 0 Å². The van der Waals surface area contributed by atoms with Gasteiger partial charge >= 0.3 is 6.09 Å². The second kappa shape index (κ2) is 8.46. The molecule has 0 saturated carbocycles. The minimum Gasteiger partial charge on any atom is -0.465 e. The molecule has 2 aromatic heterocycles. The normalized spacial score (nSPS) is 19.0. The Labute approximate surface area is 204 Å². The van der Waals surface area contributed by atoms with E-state index in [9.17, 15) is 23.5 Å². The summed E-state index contributed by atoms with van der Waals surface area (Å²) in [6.07, 6.45) is -0.991. The van der Waals surface area contributed by atoms with Crippen LogP contribution in [0.15, 0.2) is 18.2 Å². The lowest BCUT2D eigenvalue weighted by atomic mass is 9.72. The highest BCUT2D eigenvalue weighted by Crippen LogP contribution is 2.41. The number of thiazole rings is 1. The number of hydrogen-bond donors (Lipinski definition) is 2. The minimum absolute atomic E-state index is 0.117. The summed E-state index contributed by atoms with van der Waals surface area (Å²) in [6.45, 7) is 10.6. The zero-order valence-corrected chi connectivity index (χ0v) is 21.2. The number of nitrogens with one attached hydrogen (secondary N) is 1. The largest absolute Gasteiger partial charge is 0.465 e. The standard InChI is InChI=1S/C23H26F2N4O3S2/c1-12-26-18-14(24)8-13(9-16(18)33-12)27-20(30)19-15(25)10-17(34-19)28-6-7-29(21(31)32)23(5,11-28)22(2,3)4/h8-10H,6-7,11H2,1-5H3,(H,27,30)(H,31,32). The van der Waals surface area contributed by atoms with Crippen LogP contribution in [0.5, 0.6) is 0 Å². The van der Waals surface area contributed by atoms with E-state index >= 15 is 0 Å². The summed E-state index contributed by atoms with van der Waals surface area (Å²) in [7, 11) is 0. The minimum atomic E-state index is -0.991. The molecule has 1 fully saturated rings. The maximum absolute atomic E-state index is 14.8. The Hall–Kier alpha value is -2.79. The van der Waals surface area contributed by atoms with Gasteiger partial charge in [-0.05, 0) is 31.4 Å².